The van der Waals surface area contributed by atoms with Crippen LogP contribution < -0.4 is 41.5 Å². The van der Waals surface area contributed by atoms with E-state index in [1.165, 1.54) is 91.0 Å². The fourth-order valence-corrected chi connectivity index (χ4v) is 18.9. The lowest BCUT2D eigenvalue weighted by Gasteiger charge is -2.37. The van der Waals surface area contributed by atoms with Crippen LogP contribution in [0.25, 0.3) is 55.8 Å². The van der Waals surface area contributed by atoms with Crippen LogP contribution in [0, 0.1) is 6.92 Å². The Morgan fingerprint density at radius 3 is 1.05 bits per heavy atom. The maximum Gasteiger partial charge on any atom is 0.430 e. The maximum atomic E-state index is 13.1. The van der Waals surface area contributed by atoms with Gasteiger partial charge in [-0.2, -0.15) is 68.0 Å². The Hall–Kier alpha value is -14.8. The molecule has 0 radical (unpaired) electrons. The number of pyridine rings is 1. The predicted molar refractivity (Wildman–Crippen MR) is 518 cm³/mol. The van der Waals surface area contributed by atoms with E-state index in [0.717, 1.165) is 158 Å². The first-order valence-electron chi connectivity index (χ1n) is 46.2. The second-order valence-electron chi connectivity index (χ2n) is 36.5. The summed E-state index contributed by atoms with van der Waals surface area (Å²) in [6.07, 6.45) is -3.47. The molecule has 21 nitrogen and oxygen atoms in total. The Kier molecular flexibility index (Phi) is 27.9. The molecule has 21 rings (SSSR count). The zero-order valence-corrected chi connectivity index (χ0v) is 77.0. The van der Waals surface area contributed by atoms with Crippen LogP contribution in [0.5, 0.6) is 0 Å². The number of anilines is 5. The number of aromatic nitrogens is 9. The van der Waals surface area contributed by atoms with Crippen molar-refractivity contribution in [2.45, 2.75) is 152 Å². The van der Waals surface area contributed by atoms with Crippen LogP contribution in [0.3, 0.4) is 0 Å². The molecule has 728 valence electrons. The molecular formula is C108H101F12N15O6. The summed E-state index contributed by atoms with van der Waals surface area (Å²) >= 11 is 0. The van der Waals surface area contributed by atoms with Crippen LogP contribution >= 0.6 is 0 Å². The number of amides is 1. The number of carbonyl (C=O) groups excluding carboxylic acids is 1. The third-order valence-corrected chi connectivity index (χ3v) is 27.0. The number of H-pyrrole nitrogens is 5. The van der Waals surface area contributed by atoms with Gasteiger partial charge in [0.2, 0.25) is 5.91 Å². The van der Waals surface area contributed by atoms with Gasteiger partial charge in [0.25, 0.3) is 16.8 Å². The van der Waals surface area contributed by atoms with Crippen LogP contribution in [0.2, 0.25) is 0 Å². The van der Waals surface area contributed by atoms with E-state index >= 15 is 0 Å². The zero-order chi connectivity index (χ0) is 99.5. The molecule has 1 fully saturated rings. The standard InChI is InChI=1S/C24H20F6N2O.C22H17F6N3O3.C22H23N3O.C21H23N3.C19H18N4O/c1-15-3-2-4-20(31-15)17-7-10-21-18(13-17)11-12-32(21)14-16-5-8-19(9-6-16)22(33,23(25,26)27)24(28,29)30;23-21(24,25)20(34,22(26,27)28)15-4-1-12(2-5-15)11-31-8-7-14-9-13(3-6-17(14)31)16-10-29-19(33)30-18(16)32;26-22(9-1-10-22)20-5-2-16(3-6-20)15-25-11-8-18-12-17(4-7-21(18)25)19-13-23-24-14-19;1-15(2)17-5-3-16(4-6-17)14-24-10-9-19-11-18(7-8-21(19)24)20-12-22-23-13-20;20-19(24)14-3-1-13(2-4-14)12-23-8-7-16-9-15(5-6-18(16)23)17-10-21-22-11-17/h2-10,13,33H,11-12,14H2,1H3;1-6,9-10,34H,7-8,11H2,(H2,29,30,32,33);2-7,12-14,26H,1,8-11,15H2,(H,23,24);3-8,11-13,15H,9-10,14H2,1-2H3,(H,22,23);1-6,9-11H,7-8,12H2,(H2,20,24)(H,21,22). The summed E-state index contributed by atoms with van der Waals surface area (Å²) in [6.45, 7) is 14.0. The zero-order valence-electron chi connectivity index (χ0n) is 77.0. The number of aliphatic hydroxyl groups is 3. The van der Waals surface area contributed by atoms with E-state index in [4.69, 9.17) is 5.73 Å². The average molecular weight is 1930 g/mol. The average Bonchev–Trinajstić information content (AvgIpc) is 1.73. The molecule has 1 aliphatic carbocycles. The fraction of sp³-hybridized carbons (Fsp3) is 0.269. The van der Waals surface area contributed by atoms with Crippen molar-refractivity contribution in [2.24, 2.45) is 5.73 Å². The number of halogens is 12. The van der Waals surface area contributed by atoms with Crippen molar-refractivity contribution in [1.29, 1.82) is 0 Å². The minimum absolute atomic E-state index is 0.211. The number of carbonyl (C=O) groups is 1. The monoisotopic (exact) mass is 1930 g/mol. The van der Waals surface area contributed by atoms with Crippen LogP contribution in [-0.4, -0.2) is 124 Å². The number of rotatable bonds is 20. The fourth-order valence-electron chi connectivity index (χ4n) is 18.9. The number of nitrogens with two attached hydrogens (primary N) is 1. The van der Waals surface area contributed by atoms with Crippen LogP contribution in [-0.2, 0) is 81.6 Å². The van der Waals surface area contributed by atoms with Gasteiger partial charge in [0, 0.05) is 163 Å². The number of aryl methyl sites for hydroxylation is 1. The highest BCUT2D eigenvalue weighted by atomic mass is 19.4. The van der Waals surface area contributed by atoms with E-state index < -0.39 is 63.9 Å². The number of benzene rings is 10. The predicted octanol–water partition coefficient (Wildman–Crippen LogP) is 21.0. The smallest absolute Gasteiger partial charge is 0.385 e. The van der Waals surface area contributed by atoms with Gasteiger partial charge in [-0.1, -0.05) is 159 Å². The van der Waals surface area contributed by atoms with Gasteiger partial charge in [-0.25, -0.2) is 4.79 Å². The Morgan fingerprint density at radius 1 is 0.411 bits per heavy atom. The van der Waals surface area contributed by atoms with E-state index in [0.29, 0.717) is 78.5 Å². The number of aromatic amines is 5. The summed E-state index contributed by atoms with van der Waals surface area (Å²) in [7, 11) is 0. The van der Waals surface area contributed by atoms with Gasteiger partial charge in [0.05, 0.1) is 35.4 Å². The number of nitrogens with zero attached hydrogens (tertiary/aromatic N) is 9. The lowest BCUT2D eigenvalue weighted by Crippen LogP contribution is -2.53. The Balaban J connectivity index is 0.000000122. The summed E-state index contributed by atoms with van der Waals surface area (Å²) in [5.41, 5.74) is 21.5. The molecule has 5 aliphatic heterocycles. The Morgan fingerprint density at radius 2 is 0.738 bits per heavy atom. The highest BCUT2D eigenvalue weighted by Gasteiger charge is 2.72. The molecule has 0 bridgehead atoms. The highest BCUT2D eigenvalue weighted by molar-refractivity contribution is 5.92. The van der Waals surface area contributed by atoms with Crippen LogP contribution in [0.15, 0.2) is 283 Å². The molecule has 0 saturated heterocycles. The van der Waals surface area contributed by atoms with E-state index in [1.54, 1.807) is 30.3 Å². The number of nitrogens with one attached hydrogen (secondary N) is 5. The summed E-state index contributed by atoms with van der Waals surface area (Å²) < 4.78 is 157. The third kappa shape index (κ3) is 21.2. The second kappa shape index (κ2) is 40.2. The van der Waals surface area contributed by atoms with Crippen molar-refractivity contribution in [2.75, 3.05) is 57.2 Å². The number of hydrogen-bond acceptors (Lipinski definition) is 15. The van der Waals surface area contributed by atoms with Gasteiger partial charge in [0.15, 0.2) is 0 Å². The lowest BCUT2D eigenvalue weighted by molar-refractivity contribution is -0.376. The number of fused-ring (bicyclic) bond motifs is 5. The molecule has 15 aromatic rings. The SMILES string of the molecule is CC(C)c1ccc(CN2CCc3cc(-c4cn[nH]c4)ccc32)cc1.Cc1cccc(-c2ccc3c(c2)CCN3Cc2ccc(C(O)(C(F)(F)F)C(F)(F)F)cc2)n1.NC(=O)c1ccc(CN2CCc3cc(-c4cn[nH]c4)ccc32)cc1.O=c1[nH]cc(-c2ccc3c(c2)CCN3Cc2ccc(C(O)(C(F)(F)F)C(F)(F)F)cc2)c(=O)[nH]1.OC1(c2ccc(CN3CCc4cc(-c5cn[nH]c5)ccc43)cc2)CCC1. The van der Waals surface area contributed by atoms with Gasteiger partial charge in [-0.05, 0) is 238 Å². The van der Waals surface area contributed by atoms with E-state index in [-0.39, 0.29) is 18.0 Å². The molecule has 1 amide bonds. The van der Waals surface area contributed by atoms with Crippen LogP contribution in [0.1, 0.15) is 133 Å². The summed E-state index contributed by atoms with van der Waals surface area (Å²) in [6, 6.07) is 69.3. The Bertz CT molecular complexity index is 7000. The summed E-state index contributed by atoms with van der Waals surface area (Å²) in [4.78, 5) is 54.7. The van der Waals surface area contributed by atoms with Crippen molar-refractivity contribution in [3.05, 3.63) is 384 Å². The normalized spacial score (nSPS) is 14.7. The van der Waals surface area contributed by atoms with Gasteiger partial charge >= 0.3 is 30.4 Å². The van der Waals surface area contributed by atoms with Gasteiger partial charge in [0.1, 0.15) is 0 Å². The largest absolute Gasteiger partial charge is 0.430 e. The second-order valence-corrected chi connectivity index (χ2v) is 36.5. The summed E-state index contributed by atoms with van der Waals surface area (Å²) in [5.74, 6) is 0.202. The van der Waals surface area contributed by atoms with Gasteiger partial charge < -0.3 is 50.5 Å². The van der Waals surface area contributed by atoms with E-state index in [9.17, 15) is 82.4 Å². The van der Waals surface area contributed by atoms with Crippen molar-refractivity contribution in [3.63, 3.8) is 0 Å². The van der Waals surface area contributed by atoms with Crippen molar-refractivity contribution in [3.8, 4) is 55.8 Å². The first kappa shape index (κ1) is 97.8. The lowest BCUT2D eigenvalue weighted by atomic mass is 9.75. The molecule has 1 saturated carbocycles. The molecule has 5 aromatic heterocycles. The molecule has 33 heteroatoms. The van der Waals surface area contributed by atoms with Crippen LogP contribution in [0.4, 0.5) is 81.1 Å². The molecule has 141 heavy (non-hydrogen) atoms. The van der Waals surface area contributed by atoms with Crippen molar-refractivity contribution >= 4 is 34.3 Å². The number of primary amides is 1. The van der Waals surface area contributed by atoms with E-state index in [1.807, 2.05) is 102 Å². The van der Waals surface area contributed by atoms with Crippen molar-refractivity contribution in [1.82, 2.24) is 45.5 Å². The van der Waals surface area contributed by atoms with Crippen molar-refractivity contribution < 1.29 is 72.8 Å². The first-order valence-corrected chi connectivity index (χ1v) is 46.2. The summed E-state index contributed by atoms with van der Waals surface area (Å²) in [5, 5.41) is 50.3. The van der Waals surface area contributed by atoms with E-state index in [2.05, 4.69) is 177 Å². The molecule has 0 atom stereocenters. The molecule has 10 N–H and O–H groups in total. The highest BCUT2D eigenvalue weighted by Crippen LogP contribution is 2.53. The molecule has 10 heterocycles. The molecule has 10 aromatic carbocycles. The van der Waals surface area contributed by atoms with Gasteiger partial charge in [-0.15, -0.1) is 0 Å². The topological polar surface area (TPSA) is 285 Å². The maximum absolute atomic E-state index is 13.1. The minimum atomic E-state index is -5.94. The molecule has 0 unspecified atom stereocenters. The van der Waals surface area contributed by atoms with Gasteiger partial charge in [-0.3, -0.25) is 34.9 Å². The molecule has 0 spiro atoms. The quantitative estimate of drug-likeness (QED) is 0.0321. The minimum Gasteiger partial charge on any atom is -0.385 e. The molecule has 6 aliphatic rings. The Labute approximate surface area is 803 Å². The first-order chi connectivity index (χ1) is 67.3. The number of hydrogen-bond donors (Lipinski definition) is 9. The number of alkyl halides is 12. The molecular weight excluding hydrogens is 1830 g/mol. The third-order valence-electron chi connectivity index (χ3n) is 27.0.